The van der Waals surface area contributed by atoms with E-state index in [1.54, 1.807) is 48.5 Å². The van der Waals surface area contributed by atoms with Crippen molar-refractivity contribution in [3.8, 4) is 23.0 Å². The van der Waals surface area contributed by atoms with Crippen LogP contribution in [0.15, 0.2) is 97.1 Å². The van der Waals surface area contributed by atoms with Crippen LogP contribution in [0.25, 0.3) is 0 Å². The van der Waals surface area contributed by atoms with Gasteiger partial charge in [0.1, 0.15) is 23.0 Å². The average molecular weight is 701 g/mol. The van der Waals surface area contributed by atoms with Crippen molar-refractivity contribution in [1.29, 1.82) is 0 Å². The molecule has 42 heavy (non-hydrogen) atoms. The zero-order valence-corrected chi connectivity index (χ0v) is 26.3. The van der Waals surface area contributed by atoms with E-state index in [0.29, 0.717) is 0 Å². The number of phenolic OH excluding ortho intramolecular Hbond substituents is 4. The minimum absolute atomic E-state index is 0. The number of aromatic hydroxyl groups is 4. The van der Waals surface area contributed by atoms with Gasteiger partial charge in [-0.1, -0.05) is 72.8 Å². The maximum absolute atomic E-state index is 10.5. The molecular weight excluding hydrogens is 669 g/mol. The molecule has 0 unspecified atom stereocenters. The van der Waals surface area contributed by atoms with Crippen molar-refractivity contribution in [1.82, 2.24) is 0 Å². The number of phenols is 4. The molecular formula is C31H32O8P2Pd. The van der Waals surface area contributed by atoms with Crippen molar-refractivity contribution >= 4 is 49.0 Å². The molecule has 0 spiro atoms. The third-order valence-electron chi connectivity index (χ3n) is 5.45. The largest absolute Gasteiger partial charge is 2.00 e. The molecule has 0 aromatic heterocycles. The average Bonchev–Trinajstić information content (AvgIpc) is 2.91. The summed E-state index contributed by atoms with van der Waals surface area (Å²) in [5.41, 5.74) is 0. The summed E-state index contributed by atoms with van der Waals surface area (Å²) in [4.78, 5) is 17.8. The van der Waals surface area contributed by atoms with Crippen LogP contribution >= 0.6 is 15.8 Å². The summed E-state index contributed by atoms with van der Waals surface area (Å²) in [6.45, 7) is 1.94. The van der Waals surface area contributed by atoms with E-state index < -0.39 is 27.8 Å². The molecule has 0 fully saturated rings. The molecule has 8 nitrogen and oxygen atoms in total. The maximum Gasteiger partial charge on any atom is 2.00 e. The van der Waals surface area contributed by atoms with Gasteiger partial charge in [0.15, 0.2) is 0 Å². The number of carbonyl (C=O) groups is 2. The van der Waals surface area contributed by atoms with E-state index in [9.17, 15) is 20.4 Å². The van der Waals surface area contributed by atoms with Crippen LogP contribution < -0.4 is 31.4 Å². The Hall–Kier alpha value is -3.46. The molecule has 0 saturated heterocycles. The monoisotopic (exact) mass is 700 g/mol. The van der Waals surface area contributed by atoms with Crippen LogP contribution in [0.3, 0.4) is 0 Å². The molecule has 4 rings (SSSR count). The third kappa shape index (κ3) is 11.8. The van der Waals surface area contributed by atoms with E-state index in [1.165, 1.54) is 0 Å². The molecule has 4 aromatic rings. The molecule has 0 aliphatic heterocycles. The summed E-state index contributed by atoms with van der Waals surface area (Å²) >= 11 is 0. The summed E-state index contributed by atoms with van der Waals surface area (Å²) in [7, 11) is -1.98. The second-order valence-corrected chi connectivity index (χ2v) is 13.1. The Morgan fingerprint density at radius 3 is 0.905 bits per heavy atom. The van der Waals surface area contributed by atoms with Crippen LogP contribution in [-0.2, 0) is 30.0 Å². The van der Waals surface area contributed by atoms with Gasteiger partial charge in [-0.3, -0.25) is 0 Å². The zero-order chi connectivity index (χ0) is 30.4. The van der Waals surface area contributed by atoms with Gasteiger partial charge in [-0.05, 0) is 72.7 Å². The molecule has 0 saturated carbocycles. The van der Waals surface area contributed by atoms with Gasteiger partial charge in [-0.2, -0.15) is 0 Å². The smallest absolute Gasteiger partial charge is 0.550 e. The van der Waals surface area contributed by atoms with Gasteiger partial charge in [-0.25, -0.2) is 0 Å². The standard InChI is InChI=1S/C27H26O4P2.2C2H4O2.Pd/c28-20-10-1-5-14-24(20)32(25-15-6-2-11-21(25)29)18-9-19-33(26-16-7-3-12-22(26)30)27-17-8-4-13-23(27)31;2*1-2(3)4;/h1-8,10-17,28-31H,9,18-19H2;2*1H3,(H,3,4);/q;;;+2/p-2. The normalized spacial score (nSPS) is 10.0. The molecule has 0 amide bonds. The molecule has 0 heterocycles. The number of carbonyl (C=O) groups excluding carboxylic acids is 2. The molecule has 0 bridgehead atoms. The van der Waals surface area contributed by atoms with Gasteiger partial charge in [0.05, 0.1) is 0 Å². The number of carboxylic acid groups (broad SMARTS) is 2. The molecule has 0 radical (unpaired) electrons. The number of rotatable bonds is 8. The fraction of sp³-hybridized carbons (Fsp3) is 0.161. The van der Waals surface area contributed by atoms with E-state index in [4.69, 9.17) is 19.8 Å². The quantitative estimate of drug-likeness (QED) is 0.160. The van der Waals surface area contributed by atoms with Crippen molar-refractivity contribution in [2.24, 2.45) is 0 Å². The number of hydrogen-bond donors (Lipinski definition) is 4. The minimum atomic E-state index is -1.08. The Morgan fingerprint density at radius 2 is 0.714 bits per heavy atom. The Morgan fingerprint density at radius 1 is 0.524 bits per heavy atom. The molecule has 11 heteroatoms. The predicted molar refractivity (Wildman–Crippen MR) is 161 cm³/mol. The Kier molecular flexibility index (Phi) is 16.4. The van der Waals surface area contributed by atoms with Crippen molar-refractivity contribution in [2.45, 2.75) is 20.3 Å². The minimum Gasteiger partial charge on any atom is -0.550 e. The van der Waals surface area contributed by atoms with Crippen molar-refractivity contribution < 1.29 is 60.7 Å². The fourth-order valence-corrected chi connectivity index (χ4v) is 9.05. The van der Waals surface area contributed by atoms with E-state index in [-0.39, 0.29) is 43.4 Å². The van der Waals surface area contributed by atoms with E-state index in [1.807, 2.05) is 48.5 Å². The summed E-state index contributed by atoms with van der Waals surface area (Å²) in [5, 5.41) is 63.3. The number of benzene rings is 4. The van der Waals surface area contributed by atoms with Gasteiger partial charge >= 0.3 is 20.4 Å². The second kappa shape index (κ2) is 18.9. The van der Waals surface area contributed by atoms with Crippen LogP contribution in [0.4, 0.5) is 0 Å². The molecule has 0 atom stereocenters. The Bertz CT molecular complexity index is 1230. The van der Waals surface area contributed by atoms with Gasteiger partial charge in [0.25, 0.3) is 0 Å². The summed E-state index contributed by atoms with van der Waals surface area (Å²) in [5.74, 6) is -1.24. The number of aliphatic carboxylic acids is 2. The van der Waals surface area contributed by atoms with Crippen LogP contribution in [-0.4, -0.2) is 44.7 Å². The van der Waals surface area contributed by atoms with Crippen LogP contribution in [0.2, 0.25) is 0 Å². The first-order chi connectivity index (χ1) is 19.5. The SMILES string of the molecule is CC(=O)[O-].CC(=O)[O-].Oc1ccccc1P(CCCP(c1ccccc1O)c1ccccc1O)c1ccccc1O.[Pd+2]. The summed E-state index contributed by atoms with van der Waals surface area (Å²) in [6.07, 6.45) is 2.30. The van der Waals surface area contributed by atoms with E-state index in [0.717, 1.165) is 53.8 Å². The molecule has 0 aliphatic rings. The topological polar surface area (TPSA) is 161 Å². The van der Waals surface area contributed by atoms with Gasteiger partial charge in [-0.15, -0.1) is 0 Å². The Labute approximate surface area is 261 Å². The van der Waals surface area contributed by atoms with E-state index in [2.05, 4.69) is 0 Å². The van der Waals surface area contributed by atoms with Crippen LogP contribution in [0, 0.1) is 0 Å². The molecule has 0 aliphatic carbocycles. The van der Waals surface area contributed by atoms with Crippen LogP contribution in [0.5, 0.6) is 23.0 Å². The molecule has 4 N–H and O–H groups in total. The van der Waals surface area contributed by atoms with Gasteiger partial charge < -0.3 is 40.2 Å². The van der Waals surface area contributed by atoms with Crippen molar-refractivity contribution in [3.05, 3.63) is 97.1 Å². The molecule has 224 valence electrons. The van der Waals surface area contributed by atoms with Crippen molar-refractivity contribution in [3.63, 3.8) is 0 Å². The van der Waals surface area contributed by atoms with E-state index >= 15 is 0 Å². The first-order valence-electron chi connectivity index (χ1n) is 12.5. The predicted octanol–water partition coefficient (Wildman–Crippen LogP) is 1.97. The summed E-state index contributed by atoms with van der Waals surface area (Å²) < 4.78 is 0. The number of para-hydroxylation sites is 4. The third-order valence-corrected chi connectivity index (χ3v) is 10.8. The van der Waals surface area contributed by atoms with Gasteiger partial charge in [0.2, 0.25) is 0 Å². The first-order valence-corrected chi connectivity index (χ1v) is 15.6. The number of carboxylic acids is 2. The Balaban J connectivity index is 0.000000873. The second-order valence-electron chi connectivity index (χ2n) is 8.59. The van der Waals surface area contributed by atoms with Gasteiger partial charge in [0, 0.05) is 33.2 Å². The molecule has 4 aromatic carbocycles. The fourth-order valence-electron chi connectivity index (χ4n) is 3.90. The number of hydrogen-bond acceptors (Lipinski definition) is 8. The van der Waals surface area contributed by atoms with Crippen LogP contribution in [0.1, 0.15) is 20.3 Å². The van der Waals surface area contributed by atoms with Crippen molar-refractivity contribution in [2.75, 3.05) is 12.3 Å². The summed E-state index contributed by atoms with van der Waals surface area (Å²) in [6, 6.07) is 29.2. The first kappa shape index (κ1) is 36.6. The zero-order valence-electron chi connectivity index (χ0n) is 23.0. The maximum atomic E-state index is 10.5.